The Morgan fingerprint density at radius 3 is 1.26 bits per heavy atom. The summed E-state index contributed by atoms with van der Waals surface area (Å²) in [5.41, 5.74) is 29.1. The van der Waals surface area contributed by atoms with E-state index in [4.69, 9.17) is 4.98 Å². The van der Waals surface area contributed by atoms with Gasteiger partial charge < -0.3 is 9.13 Å². The maximum atomic E-state index is 5.21. The lowest BCUT2D eigenvalue weighted by Gasteiger charge is -2.21. The van der Waals surface area contributed by atoms with Gasteiger partial charge in [-0.1, -0.05) is 224 Å². The van der Waals surface area contributed by atoms with Gasteiger partial charge in [-0.2, -0.15) is 0 Å². The second kappa shape index (κ2) is 22.1. The molecule has 0 atom stereocenters. The number of aromatic nitrogens is 7. The summed E-state index contributed by atoms with van der Waals surface area (Å²) in [4.78, 5) is 18.9. The topological polar surface area (TPSA) is 66.3 Å². The van der Waals surface area contributed by atoms with Gasteiger partial charge in [0.25, 0.3) is 0 Å². The Hall–Kier alpha value is -12.8. The molecule has 20 aromatic rings. The number of rotatable bonds is 3. The van der Waals surface area contributed by atoms with E-state index >= 15 is 0 Å². The maximum Gasteiger partial charge on any atom is 0.138 e. The second-order valence-corrected chi connectivity index (χ2v) is 30.1. The summed E-state index contributed by atoms with van der Waals surface area (Å²) in [6.45, 7) is 14.1. The number of fused-ring (bicyclic) bond motifs is 25. The van der Waals surface area contributed by atoms with Crippen LogP contribution in [-0.2, 0) is 16.2 Å². The van der Waals surface area contributed by atoms with Crippen molar-refractivity contribution < 1.29 is 0 Å². The average molecular weight is 1330 g/mol. The third-order valence-corrected chi connectivity index (χ3v) is 23.5. The Morgan fingerprint density at radius 2 is 0.692 bits per heavy atom. The molecular weight excluding hydrogens is 1260 g/mol. The van der Waals surface area contributed by atoms with Crippen LogP contribution in [-0.4, -0.2) is 33.6 Å². The van der Waals surface area contributed by atoms with Crippen molar-refractivity contribution in [3.05, 3.63) is 343 Å². The lowest BCUT2D eigenvalue weighted by atomic mass is 9.82. The molecule has 492 valence electrons. The molecule has 0 saturated carbocycles. The van der Waals surface area contributed by atoms with Gasteiger partial charge in [-0.05, 0) is 175 Å². The number of pyridine rings is 4. The van der Waals surface area contributed by atoms with Crippen molar-refractivity contribution in [2.24, 2.45) is 0 Å². The van der Waals surface area contributed by atoms with Crippen LogP contribution in [0.2, 0.25) is 0 Å². The predicted octanol–water partition coefficient (Wildman–Crippen LogP) is 24.6. The van der Waals surface area contributed by atoms with Gasteiger partial charge in [0.05, 0.1) is 55.3 Å². The van der Waals surface area contributed by atoms with E-state index in [0.717, 1.165) is 38.5 Å². The Balaban J connectivity index is 0.000000101. The van der Waals surface area contributed by atoms with Gasteiger partial charge in [0.2, 0.25) is 0 Å². The van der Waals surface area contributed by atoms with Crippen LogP contribution < -0.4 is 0 Å². The van der Waals surface area contributed by atoms with E-state index in [1.807, 2.05) is 36.9 Å². The Bertz CT molecular complexity index is 7090. The van der Waals surface area contributed by atoms with E-state index in [1.165, 1.54) is 165 Å². The quantitative estimate of drug-likeness (QED) is 0.165. The normalized spacial score (nSPS) is 14.1. The smallest absolute Gasteiger partial charge is 0.138 e. The zero-order valence-corrected chi connectivity index (χ0v) is 58.6. The number of hydrogen-bond donors (Lipinski definition) is 0. The average Bonchev–Trinajstić information content (AvgIpc) is 1.56. The van der Waals surface area contributed by atoms with Crippen molar-refractivity contribution in [2.75, 3.05) is 0 Å². The second-order valence-electron chi connectivity index (χ2n) is 30.1. The number of benzene rings is 13. The lowest BCUT2D eigenvalue weighted by Crippen LogP contribution is -2.14. The van der Waals surface area contributed by atoms with Crippen LogP contribution in [0.1, 0.15) is 74.9 Å². The molecule has 13 aromatic carbocycles. The van der Waals surface area contributed by atoms with Gasteiger partial charge in [0, 0.05) is 111 Å². The summed E-state index contributed by atoms with van der Waals surface area (Å²) in [5.74, 6) is 0.914. The van der Waals surface area contributed by atoms with Crippen LogP contribution in [0.25, 0.3) is 170 Å². The van der Waals surface area contributed by atoms with Gasteiger partial charge in [0.1, 0.15) is 5.82 Å². The molecule has 0 radical (unpaired) electrons. The summed E-state index contributed by atoms with van der Waals surface area (Å²) < 4.78 is 7.18. The van der Waals surface area contributed by atoms with Crippen LogP contribution in [0.3, 0.4) is 0 Å². The SMILES string of the molecule is CC1(C)c2ccccc2-c2cc3c(cc21)c1ccccc1n3-c1ccc2c(ccc3cccnc32)c1.CC1(C)c2ccccc2-c2cc3c(cc21)c1ccccc1n3-c1ccc2ccc3cccnc3c2n1.CC1(C)c2ccccc2-c2cc3c(cc21)c1ccccc1n3-c1cccc2cnccc12. The molecule has 0 spiro atoms. The number of hydrogen-bond acceptors (Lipinski definition) is 4. The third kappa shape index (κ3) is 8.58. The highest BCUT2D eigenvalue weighted by molar-refractivity contribution is 6.16. The summed E-state index contributed by atoms with van der Waals surface area (Å²) >= 11 is 0. The van der Waals surface area contributed by atoms with Crippen molar-refractivity contribution in [3.63, 3.8) is 0 Å². The highest BCUT2D eigenvalue weighted by Gasteiger charge is 2.39. The fourth-order valence-corrected chi connectivity index (χ4v) is 18.4. The minimum absolute atomic E-state index is 0.00552. The Morgan fingerprint density at radius 1 is 0.250 bits per heavy atom. The van der Waals surface area contributed by atoms with Crippen LogP contribution in [0.4, 0.5) is 0 Å². The van der Waals surface area contributed by atoms with E-state index in [2.05, 4.69) is 343 Å². The predicted molar refractivity (Wildman–Crippen MR) is 434 cm³/mol. The van der Waals surface area contributed by atoms with E-state index in [1.54, 1.807) is 0 Å². The summed E-state index contributed by atoms with van der Waals surface area (Å²) in [6, 6.07) is 104. The van der Waals surface area contributed by atoms with Crippen LogP contribution in [0.5, 0.6) is 0 Å². The number of para-hydroxylation sites is 3. The molecule has 104 heavy (non-hydrogen) atoms. The molecule has 7 heteroatoms. The molecule has 3 aliphatic carbocycles. The van der Waals surface area contributed by atoms with E-state index < -0.39 is 0 Å². The molecule has 0 aliphatic heterocycles. The molecular formula is C97H69N7. The minimum atomic E-state index is -0.0326. The van der Waals surface area contributed by atoms with Gasteiger partial charge in [-0.25, -0.2) is 4.98 Å². The molecule has 7 aromatic heterocycles. The molecule has 0 saturated heterocycles. The monoisotopic (exact) mass is 1330 g/mol. The summed E-state index contributed by atoms with van der Waals surface area (Å²) in [6.07, 6.45) is 7.56. The molecule has 0 bridgehead atoms. The van der Waals surface area contributed by atoms with Gasteiger partial charge >= 0.3 is 0 Å². The van der Waals surface area contributed by atoms with Crippen molar-refractivity contribution in [1.82, 2.24) is 33.6 Å². The molecule has 23 rings (SSSR count). The number of nitrogens with zero attached hydrogens (tertiary/aromatic N) is 7. The van der Waals surface area contributed by atoms with Crippen LogP contribution >= 0.6 is 0 Å². The van der Waals surface area contributed by atoms with E-state index in [0.29, 0.717) is 0 Å². The standard InChI is InChI=1S/C34H24N2.C33H23N3.C30H22N2/c1-34(2)29-11-5-3-9-25(29)27-20-32-28(19-30(27)34)26-10-4-6-12-31(26)36(32)23-15-16-24-22(18-23)14-13-21-8-7-17-35-33(21)24;1-33(2)26-11-5-3-9-22(26)24-19-29-25(18-27(24)33)23-10-4-6-12-28(23)36(29)30-16-15-21-14-13-20-8-7-17-34-31(20)32(21)35-30;1-30(2)25-11-5-3-9-21(25)23-17-29-24(16-26(23)30)22-10-4-6-12-28(22)32(29)27-13-7-8-19-18-31-15-14-20(19)27/h3-20H,1-2H3;3-19H,1-2H3;3-18H,1-2H3. The van der Waals surface area contributed by atoms with Gasteiger partial charge in [0.15, 0.2) is 0 Å². The van der Waals surface area contributed by atoms with Crippen LogP contribution in [0.15, 0.2) is 310 Å². The molecule has 7 nitrogen and oxygen atoms in total. The van der Waals surface area contributed by atoms with Gasteiger partial charge in [-0.3, -0.25) is 19.5 Å². The fourth-order valence-electron chi connectivity index (χ4n) is 18.4. The first-order valence-electron chi connectivity index (χ1n) is 36.2. The summed E-state index contributed by atoms with van der Waals surface area (Å²) in [5, 5.41) is 15.9. The highest BCUT2D eigenvalue weighted by Crippen LogP contribution is 2.55. The largest absolute Gasteiger partial charge is 0.309 e. The van der Waals surface area contributed by atoms with Gasteiger partial charge in [-0.15, -0.1) is 0 Å². The first-order chi connectivity index (χ1) is 50.9. The zero-order valence-electron chi connectivity index (χ0n) is 58.6. The van der Waals surface area contributed by atoms with E-state index in [9.17, 15) is 0 Å². The Labute approximate surface area is 601 Å². The highest BCUT2D eigenvalue weighted by atomic mass is 15.1. The van der Waals surface area contributed by atoms with Crippen molar-refractivity contribution in [1.29, 1.82) is 0 Å². The van der Waals surface area contributed by atoms with Crippen molar-refractivity contribution in [3.8, 4) is 50.6 Å². The first kappa shape index (κ1) is 60.0. The fraction of sp³-hybridized carbons (Fsp3) is 0.0928. The molecule has 0 unspecified atom stereocenters. The maximum absolute atomic E-state index is 5.21. The van der Waals surface area contributed by atoms with Crippen molar-refractivity contribution in [2.45, 2.75) is 57.8 Å². The zero-order chi connectivity index (χ0) is 69.5. The molecule has 0 fully saturated rings. The third-order valence-electron chi connectivity index (χ3n) is 23.5. The first-order valence-corrected chi connectivity index (χ1v) is 36.2. The molecule has 0 amide bonds. The molecule has 7 heterocycles. The van der Waals surface area contributed by atoms with Crippen LogP contribution in [0, 0.1) is 0 Å². The lowest BCUT2D eigenvalue weighted by molar-refractivity contribution is 0.661. The Kier molecular flexibility index (Phi) is 12.7. The minimum Gasteiger partial charge on any atom is -0.309 e. The summed E-state index contributed by atoms with van der Waals surface area (Å²) in [7, 11) is 0. The van der Waals surface area contributed by atoms with E-state index in [-0.39, 0.29) is 16.2 Å². The van der Waals surface area contributed by atoms with Crippen molar-refractivity contribution >= 4 is 120 Å². The molecule has 3 aliphatic rings. The molecule has 0 N–H and O–H groups in total.